The Kier molecular flexibility index (Phi) is 7.55. The first-order valence-electron chi connectivity index (χ1n) is 7.24. The van der Waals surface area contributed by atoms with Crippen molar-refractivity contribution in [2.24, 2.45) is 11.7 Å². The van der Waals surface area contributed by atoms with Gasteiger partial charge in [0.2, 0.25) is 0 Å². The number of hydrogen-bond acceptors (Lipinski definition) is 3. The van der Waals surface area contributed by atoms with Crippen molar-refractivity contribution < 1.29 is 4.74 Å². The fraction of sp³-hybridized carbons (Fsp3) is 0.562. The summed E-state index contributed by atoms with van der Waals surface area (Å²) in [6.45, 7) is 7.47. The highest BCUT2D eigenvalue weighted by Crippen LogP contribution is 2.12. The Morgan fingerprint density at radius 3 is 2.55 bits per heavy atom. The average Bonchev–Trinajstić information content (AvgIpc) is 2.44. The van der Waals surface area contributed by atoms with Gasteiger partial charge in [0.05, 0.1) is 6.61 Å². The van der Waals surface area contributed by atoms with E-state index < -0.39 is 0 Å². The molecule has 4 heteroatoms. The third-order valence-electron chi connectivity index (χ3n) is 3.41. The van der Waals surface area contributed by atoms with Crippen LogP contribution in [0.4, 0.5) is 0 Å². The first kappa shape index (κ1) is 16.9. The Balaban J connectivity index is 2.22. The number of thiocarbonyl (C=S) groups is 1. The summed E-state index contributed by atoms with van der Waals surface area (Å²) >= 11 is 4.92. The number of ether oxygens (including phenoxy) is 1. The Bertz CT molecular complexity index is 405. The summed E-state index contributed by atoms with van der Waals surface area (Å²) in [6.07, 6.45) is 2.26. The van der Waals surface area contributed by atoms with Crippen LogP contribution in [-0.4, -0.2) is 36.6 Å². The molecule has 1 rings (SSSR count). The second kappa shape index (κ2) is 8.93. The summed E-state index contributed by atoms with van der Waals surface area (Å²) in [5.74, 6) is 1.63. The van der Waals surface area contributed by atoms with Crippen LogP contribution < -0.4 is 10.5 Å². The maximum atomic E-state index is 5.71. The minimum atomic E-state index is 0.420. The van der Waals surface area contributed by atoms with E-state index in [4.69, 9.17) is 22.7 Å². The van der Waals surface area contributed by atoms with Gasteiger partial charge in [0.1, 0.15) is 10.7 Å². The van der Waals surface area contributed by atoms with E-state index in [1.807, 2.05) is 24.3 Å². The van der Waals surface area contributed by atoms with Crippen molar-refractivity contribution in [2.45, 2.75) is 26.7 Å². The molecule has 1 aromatic rings. The van der Waals surface area contributed by atoms with Gasteiger partial charge < -0.3 is 15.4 Å². The summed E-state index contributed by atoms with van der Waals surface area (Å²) in [5.41, 5.74) is 6.43. The third kappa shape index (κ3) is 6.35. The molecule has 2 N–H and O–H groups in total. The van der Waals surface area contributed by atoms with Crippen molar-refractivity contribution >= 4 is 17.2 Å². The molecule has 1 aromatic carbocycles. The molecule has 0 aliphatic rings. The molecule has 3 nitrogen and oxygen atoms in total. The molecule has 0 aliphatic heterocycles. The van der Waals surface area contributed by atoms with Crippen molar-refractivity contribution in [3.63, 3.8) is 0 Å². The van der Waals surface area contributed by atoms with Crippen LogP contribution in [0.2, 0.25) is 0 Å². The molecule has 0 aromatic heterocycles. The van der Waals surface area contributed by atoms with Crippen LogP contribution in [0.15, 0.2) is 24.3 Å². The minimum absolute atomic E-state index is 0.420. The maximum absolute atomic E-state index is 5.71. The van der Waals surface area contributed by atoms with E-state index in [1.165, 1.54) is 6.42 Å². The van der Waals surface area contributed by atoms with E-state index in [1.54, 1.807) is 0 Å². The van der Waals surface area contributed by atoms with Gasteiger partial charge in [-0.25, -0.2) is 0 Å². The Hall–Kier alpha value is -1.13. The smallest absolute Gasteiger partial charge is 0.119 e. The van der Waals surface area contributed by atoms with Gasteiger partial charge in [-0.05, 0) is 43.7 Å². The maximum Gasteiger partial charge on any atom is 0.119 e. The lowest BCUT2D eigenvalue weighted by atomic mass is 10.1. The molecular weight excluding hydrogens is 268 g/mol. The van der Waals surface area contributed by atoms with Crippen LogP contribution in [0, 0.1) is 5.92 Å². The molecule has 0 bridgehead atoms. The highest BCUT2D eigenvalue weighted by atomic mass is 32.1. The topological polar surface area (TPSA) is 38.5 Å². The van der Waals surface area contributed by atoms with Gasteiger partial charge in [-0.2, -0.15) is 0 Å². The highest BCUT2D eigenvalue weighted by Gasteiger charge is 2.04. The number of hydrogen-bond donors (Lipinski definition) is 1. The Morgan fingerprint density at radius 2 is 2.00 bits per heavy atom. The van der Waals surface area contributed by atoms with Gasteiger partial charge in [-0.1, -0.05) is 32.5 Å². The largest absolute Gasteiger partial charge is 0.494 e. The molecular formula is C16H26N2OS. The molecule has 0 fully saturated rings. The lowest BCUT2D eigenvalue weighted by Gasteiger charge is -2.20. The zero-order chi connectivity index (χ0) is 15.0. The van der Waals surface area contributed by atoms with E-state index in [0.717, 1.165) is 43.3 Å². The van der Waals surface area contributed by atoms with Crippen LogP contribution in [0.3, 0.4) is 0 Å². The molecule has 0 saturated heterocycles. The molecule has 0 amide bonds. The lowest BCUT2D eigenvalue weighted by molar-refractivity contribution is 0.241. The van der Waals surface area contributed by atoms with Gasteiger partial charge in [-0.3, -0.25) is 0 Å². The molecule has 1 unspecified atom stereocenters. The quantitative estimate of drug-likeness (QED) is 0.561. The second-order valence-electron chi connectivity index (χ2n) is 5.37. The molecule has 20 heavy (non-hydrogen) atoms. The third-order valence-corrected chi connectivity index (χ3v) is 3.65. The Labute approximate surface area is 128 Å². The Morgan fingerprint density at radius 1 is 1.35 bits per heavy atom. The molecule has 0 spiro atoms. The summed E-state index contributed by atoms with van der Waals surface area (Å²) in [7, 11) is 2.17. The van der Waals surface area contributed by atoms with Gasteiger partial charge in [-0.15, -0.1) is 0 Å². The van der Waals surface area contributed by atoms with Gasteiger partial charge in [0.15, 0.2) is 0 Å². The van der Waals surface area contributed by atoms with Crippen molar-refractivity contribution in [1.29, 1.82) is 0 Å². The predicted octanol–water partition coefficient (Wildman–Crippen LogP) is 3.07. The van der Waals surface area contributed by atoms with Gasteiger partial charge >= 0.3 is 0 Å². The summed E-state index contributed by atoms with van der Waals surface area (Å²) in [6, 6.07) is 7.62. The van der Waals surface area contributed by atoms with E-state index in [-0.39, 0.29) is 0 Å². The van der Waals surface area contributed by atoms with Crippen LogP contribution in [0.25, 0.3) is 0 Å². The van der Waals surface area contributed by atoms with Crippen LogP contribution >= 0.6 is 12.2 Å². The van der Waals surface area contributed by atoms with Crippen molar-refractivity contribution in [3.05, 3.63) is 29.8 Å². The summed E-state index contributed by atoms with van der Waals surface area (Å²) < 4.78 is 5.71. The molecule has 0 radical (unpaired) electrons. The molecule has 112 valence electrons. The molecule has 1 atom stereocenters. The number of rotatable bonds is 9. The predicted molar refractivity (Wildman–Crippen MR) is 89.4 cm³/mol. The fourth-order valence-electron chi connectivity index (χ4n) is 1.99. The SMILES string of the molecule is CCC(C)CN(C)CCCOc1ccc(C(N)=S)cc1. The number of nitrogens with zero attached hydrogens (tertiary/aromatic N) is 1. The van der Waals surface area contributed by atoms with E-state index in [2.05, 4.69) is 25.8 Å². The molecule has 0 saturated carbocycles. The number of benzene rings is 1. The van der Waals surface area contributed by atoms with Crippen molar-refractivity contribution in [3.8, 4) is 5.75 Å². The zero-order valence-corrected chi connectivity index (χ0v) is 13.6. The zero-order valence-electron chi connectivity index (χ0n) is 12.8. The average molecular weight is 294 g/mol. The van der Waals surface area contributed by atoms with Gasteiger partial charge in [0, 0.05) is 18.7 Å². The van der Waals surface area contributed by atoms with Crippen LogP contribution in [0.1, 0.15) is 32.3 Å². The summed E-state index contributed by atoms with van der Waals surface area (Å²) in [5, 5.41) is 0. The van der Waals surface area contributed by atoms with E-state index in [9.17, 15) is 0 Å². The minimum Gasteiger partial charge on any atom is -0.494 e. The molecule has 0 aliphatic carbocycles. The monoisotopic (exact) mass is 294 g/mol. The van der Waals surface area contributed by atoms with Crippen molar-refractivity contribution in [2.75, 3.05) is 26.7 Å². The first-order valence-corrected chi connectivity index (χ1v) is 7.65. The highest BCUT2D eigenvalue weighted by molar-refractivity contribution is 7.80. The molecule has 0 heterocycles. The summed E-state index contributed by atoms with van der Waals surface area (Å²) in [4.78, 5) is 2.79. The first-order chi connectivity index (χ1) is 9.52. The lowest BCUT2D eigenvalue weighted by Crippen LogP contribution is -2.26. The number of nitrogens with two attached hydrogens (primary N) is 1. The van der Waals surface area contributed by atoms with Gasteiger partial charge in [0.25, 0.3) is 0 Å². The normalized spacial score (nSPS) is 12.4. The van der Waals surface area contributed by atoms with Crippen molar-refractivity contribution in [1.82, 2.24) is 4.90 Å². The van der Waals surface area contributed by atoms with Crippen LogP contribution in [0.5, 0.6) is 5.75 Å². The second-order valence-corrected chi connectivity index (χ2v) is 5.81. The van der Waals surface area contributed by atoms with Crippen LogP contribution in [-0.2, 0) is 0 Å². The fourth-order valence-corrected chi connectivity index (χ4v) is 2.13. The standard InChI is InChI=1S/C16H26N2OS/c1-4-13(2)12-18(3)10-5-11-19-15-8-6-14(7-9-15)16(17)20/h6-9,13H,4-5,10-12H2,1-3H3,(H2,17,20). The van der Waals surface area contributed by atoms with E-state index >= 15 is 0 Å². The van der Waals surface area contributed by atoms with E-state index in [0.29, 0.717) is 4.99 Å².